The number of ether oxygens (including phenoxy) is 1. The van der Waals surface area contributed by atoms with Crippen molar-refractivity contribution < 1.29 is 4.74 Å². The fourth-order valence-electron chi connectivity index (χ4n) is 1.83. The minimum atomic E-state index is 0.526. The van der Waals surface area contributed by atoms with Crippen molar-refractivity contribution in [2.24, 2.45) is 0 Å². The summed E-state index contributed by atoms with van der Waals surface area (Å²) in [7, 11) is 0. The molecule has 2 rings (SSSR count). The maximum Gasteiger partial charge on any atom is 0.237 e. The van der Waals surface area contributed by atoms with Crippen LogP contribution in [0, 0.1) is 13.8 Å². The van der Waals surface area contributed by atoms with Gasteiger partial charge in [-0.3, -0.25) is 4.98 Å². The fourth-order valence-corrected chi connectivity index (χ4v) is 1.83. The zero-order chi connectivity index (χ0) is 14.4. The van der Waals surface area contributed by atoms with Gasteiger partial charge in [-0.05, 0) is 44.0 Å². The smallest absolute Gasteiger partial charge is 0.237 e. The third kappa shape index (κ3) is 3.78. The van der Waals surface area contributed by atoms with Crippen LogP contribution in [-0.2, 0) is 6.54 Å². The normalized spacial score (nSPS) is 10.6. The van der Waals surface area contributed by atoms with Crippen molar-refractivity contribution >= 4 is 0 Å². The maximum absolute atomic E-state index is 5.78. The first-order valence-corrected chi connectivity index (χ1v) is 6.96. The molecule has 0 aliphatic heterocycles. The summed E-state index contributed by atoms with van der Waals surface area (Å²) in [4.78, 5) is 8.65. The van der Waals surface area contributed by atoms with Gasteiger partial charge >= 0.3 is 0 Å². The van der Waals surface area contributed by atoms with E-state index >= 15 is 0 Å². The van der Waals surface area contributed by atoms with Crippen molar-refractivity contribution in [1.82, 2.24) is 15.3 Å². The largest absolute Gasteiger partial charge is 0.437 e. The molecule has 1 aromatic carbocycles. The molecule has 1 aromatic heterocycles. The van der Waals surface area contributed by atoms with Gasteiger partial charge in [0.2, 0.25) is 5.88 Å². The minimum absolute atomic E-state index is 0.526. The topological polar surface area (TPSA) is 47.0 Å². The fraction of sp³-hybridized carbons (Fsp3) is 0.375. The average molecular weight is 271 g/mol. The Kier molecular flexibility index (Phi) is 5.07. The third-order valence-electron chi connectivity index (χ3n) is 3.18. The van der Waals surface area contributed by atoms with E-state index in [2.05, 4.69) is 35.2 Å². The van der Waals surface area contributed by atoms with Crippen LogP contribution in [0.15, 0.2) is 30.6 Å². The van der Waals surface area contributed by atoms with E-state index in [1.54, 1.807) is 12.4 Å². The summed E-state index contributed by atoms with van der Waals surface area (Å²) in [5.74, 6) is 1.36. The third-order valence-corrected chi connectivity index (χ3v) is 3.18. The lowest BCUT2D eigenvalue weighted by Gasteiger charge is -2.09. The van der Waals surface area contributed by atoms with Crippen LogP contribution in [-0.4, -0.2) is 16.5 Å². The Labute approximate surface area is 120 Å². The number of rotatable bonds is 6. The second-order valence-electron chi connectivity index (χ2n) is 4.82. The predicted octanol–water partition coefficient (Wildman–Crippen LogP) is 3.39. The maximum atomic E-state index is 5.78. The van der Waals surface area contributed by atoms with Crippen LogP contribution in [0.4, 0.5) is 0 Å². The van der Waals surface area contributed by atoms with E-state index in [9.17, 15) is 0 Å². The summed E-state index contributed by atoms with van der Waals surface area (Å²) in [6.07, 6.45) is 4.54. The second-order valence-corrected chi connectivity index (χ2v) is 4.82. The summed E-state index contributed by atoms with van der Waals surface area (Å²) in [5, 5.41) is 3.29. The Morgan fingerprint density at radius 3 is 2.70 bits per heavy atom. The van der Waals surface area contributed by atoms with Crippen molar-refractivity contribution in [1.29, 1.82) is 0 Å². The van der Waals surface area contributed by atoms with Crippen molar-refractivity contribution in [2.75, 3.05) is 6.54 Å². The summed E-state index contributed by atoms with van der Waals surface area (Å²) in [6, 6.07) is 5.99. The van der Waals surface area contributed by atoms with E-state index < -0.39 is 0 Å². The van der Waals surface area contributed by atoms with E-state index in [4.69, 9.17) is 4.74 Å². The van der Waals surface area contributed by atoms with E-state index in [0.29, 0.717) is 5.88 Å². The van der Waals surface area contributed by atoms with Gasteiger partial charge in [0, 0.05) is 6.54 Å². The highest BCUT2D eigenvalue weighted by atomic mass is 16.5. The standard InChI is InChI=1S/C16H21N3O/c1-4-8-17-9-14-10-19-16(11-18-14)20-15-7-5-6-12(2)13(15)3/h5-7,10-11,17H,4,8-9H2,1-3H3. The van der Waals surface area contributed by atoms with Gasteiger partial charge in [0.25, 0.3) is 0 Å². The van der Waals surface area contributed by atoms with E-state index in [1.807, 2.05) is 19.1 Å². The number of hydrogen-bond donors (Lipinski definition) is 1. The van der Waals surface area contributed by atoms with Crippen LogP contribution >= 0.6 is 0 Å². The van der Waals surface area contributed by atoms with Gasteiger partial charge in [-0.2, -0.15) is 0 Å². The molecular weight excluding hydrogens is 250 g/mol. The molecule has 1 heterocycles. The van der Waals surface area contributed by atoms with Crippen LogP contribution in [0.2, 0.25) is 0 Å². The Bertz CT molecular complexity index is 552. The molecule has 0 fully saturated rings. The molecule has 0 spiro atoms. The van der Waals surface area contributed by atoms with Crippen molar-refractivity contribution in [3.05, 3.63) is 47.4 Å². The second kappa shape index (κ2) is 7.01. The summed E-state index contributed by atoms with van der Waals surface area (Å²) < 4.78 is 5.78. The van der Waals surface area contributed by atoms with Crippen molar-refractivity contribution in [2.45, 2.75) is 33.7 Å². The highest BCUT2D eigenvalue weighted by molar-refractivity contribution is 5.39. The van der Waals surface area contributed by atoms with Gasteiger partial charge in [0.05, 0.1) is 18.1 Å². The number of hydrogen-bond acceptors (Lipinski definition) is 4. The number of aromatic nitrogens is 2. The van der Waals surface area contributed by atoms with Gasteiger partial charge in [-0.1, -0.05) is 19.1 Å². The lowest BCUT2D eigenvalue weighted by molar-refractivity contribution is 0.455. The lowest BCUT2D eigenvalue weighted by Crippen LogP contribution is -2.14. The van der Waals surface area contributed by atoms with Crippen LogP contribution in [0.1, 0.15) is 30.2 Å². The molecule has 106 valence electrons. The minimum Gasteiger partial charge on any atom is -0.437 e. The Morgan fingerprint density at radius 2 is 2.00 bits per heavy atom. The summed E-state index contributed by atoms with van der Waals surface area (Å²) in [5.41, 5.74) is 3.26. The van der Waals surface area contributed by atoms with Gasteiger partial charge in [-0.25, -0.2) is 4.98 Å². The first kappa shape index (κ1) is 14.5. The molecule has 0 amide bonds. The molecule has 0 atom stereocenters. The predicted molar refractivity (Wildman–Crippen MR) is 80.0 cm³/mol. The first-order chi connectivity index (χ1) is 9.70. The molecular formula is C16H21N3O. The quantitative estimate of drug-likeness (QED) is 0.818. The SMILES string of the molecule is CCCNCc1cnc(Oc2cccc(C)c2C)cn1. The zero-order valence-electron chi connectivity index (χ0n) is 12.3. The molecule has 0 saturated carbocycles. The van der Waals surface area contributed by atoms with Crippen LogP contribution in [0.5, 0.6) is 11.6 Å². The molecule has 2 aromatic rings. The van der Waals surface area contributed by atoms with Crippen LogP contribution in [0.3, 0.4) is 0 Å². The molecule has 4 heteroatoms. The summed E-state index contributed by atoms with van der Waals surface area (Å²) >= 11 is 0. The number of aryl methyl sites for hydroxylation is 1. The molecule has 0 saturated heterocycles. The molecule has 1 N–H and O–H groups in total. The Hall–Kier alpha value is -1.94. The highest BCUT2D eigenvalue weighted by Gasteiger charge is 2.05. The van der Waals surface area contributed by atoms with Crippen LogP contribution < -0.4 is 10.1 Å². The summed E-state index contributed by atoms with van der Waals surface area (Å²) in [6.45, 7) is 7.98. The Morgan fingerprint density at radius 1 is 1.15 bits per heavy atom. The van der Waals surface area contributed by atoms with E-state index in [0.717, 1.165) is 36.5 Å². The monoisotopic (exact) mass is 271 g/mol. The van der Waals surface area contributed by atoms with Gasteiger partial charge in [-0.15, -0.1) is 0 Å². The zero-order valence-corrected chi connectivity index (χ0v) is 12.3. The molecule has 0 unspecified atom stereocenters. The molecule has 4 nitrogen and oxygen atoms in total. The van der Waals surface area contributed by atoms with E-state index in [-0.39, 0.29) is 0 Å². The molecule has 0 bridgehead atoms. The molecule has 0 aliphatic rings. The van der Waals surface area contributed by atoms with Gasteiger partial charge in [0.1, 0.15) is 5.75 Å². The van der Waals surface area contributed by atoms with E-state index in [1.165, 1.54) is 5.56 Å². The van der Waals surface area contributed by atoms with Gasteiger partial charge < -0.3 is 10.1 Å². The molecule has 0 aliphatic carbocycles. The molecule has 0 radical (unpaired) electrons. The highest BCUT2D eigenvalue weighted by Crippen LogP contribution is 2.24. The molecule has 20 heavy (non-hydrogen) atoms. The first-order valence-electron chi connectivity index (χ1n) is 6.96. The van der Waals surface area contributed by atoms with Crippen molar-refractivity contribution in [3.63, 3.8) is 0 Å². The van der Waals surface area contributed by atoms with Gasteiger partial charge in [0.15, 0.2) is 0 Å². The lowest BCUT2D eigenvalue weighted by atomic mass is 10.1. The number of benzene rings is 1. The number of nitrogens with one attached hydrogen (secondary N) is 1. The Balaban J connectivity index is 2.01. The van der Waals surface area contributed by atoms with Crippen molar-refractivity contribution in [3.8, 4) is 11.6 Å². The van der Waals surface area contributed by atoms with Crippen LogP contribution in [0.25, 0.3) is 0 Å². The average Bonchev–Trinajstić information content (AvgIpc) is 2.46. The number of nitrogens with zero attached hydrogens (tertiary/aromatic N) is 2.